The van der Waals surface area contributed by atoms with Crippen molar-refractivity contribution in [2.75, 3.05) is 6.54 Å². The molecular formula is C8H9ClFNO2. The van der Waals surface area contributed by atoms with E-state index in [0.29, 0.717) is 0 Å². The standard InChI is InChI=1S/C8H9ClFNO2/c9-5-2-1-3-6(10)8(5)7(12)4-11-13/h1-3,7,11-13H,4H2. The number of nitrogens with one attached hydrogen (secondary N) is 1. The van der Waals surface area contributed by atoms with E-state index >= 15 is 0 Å². The van der Waals surface area contributed by atoms with Gasteiger partial charge in [0.2, 0.25) is 0 Å². The molecule has 0 spiro atoms. The van der Waals surface area contributed by atoms with Crippen LogP contribution in [0.1, 0.15) is 11.7 Å². The topological polar surface area (TPSA) is 52.5 Å². The van der Waals surface area contributed by atoms with E-state index in [1.54, 1.807) is 5.48 Å². The van der Waals surface area contributed by atoms with Crippen LogP contribution in [0.2, 0.25) is 5.02 Å². The van der Waals surface area contributed by atoms with Crippen molar-refractivity contribution in [3.63, 3.8) is 0 Å². The van der Waals surface area contributed by atoms with Gasteiger partial charge in [-0.25, -0.2) is 9.87 Å². The maximum absolute atomic E-state index is 13.1. The van der Waals surface area contributed by atoms with Crippen molar-refractivity contribution < 1.29 is 14.7 Å². The van der Waals surface area contributed by atoms with Crippen LogP contribution in [0, 0.1) is 5.82 Å². The predicted octanol–water partition coefficient (Wildman–Crippen LogP) is 1.49. The first-order valence-electron chi connectivity index (χ1n) is 3.65. The van der Waals surface area contributed by atoms with Crippen LogP contribution in [0.5, 0.6) is 0 Å². The van der Waals surface area contributed by atoms with Gasteiger partial charge in [-0.3, -0.25) is 0 Å². The molecule has 3 N–H and O–H groups in total. The molecule has 0 aliphatic heterocycles. The monoisotopic (exact) mass is 205 g/mol. The van der Waals surface area contributed by atoms with E-state index in [2.05, 4.69) is 0 Å². The van der Waals surface area contributed by atoms with E-state index in [0.717, 1.165) is 0 Å². The van der Waals surface area contributed by atoms with Gasteiger partial charge < -0.3 is 10.3 Å². The van der Waals surface area contributed by atoms with Gasteiger partial charge in [-0.15, -0.1) is 0 Å². The van der Waals surface area contributed by atoms with E-state index in [1.165, 1.54) is 18.2 Å². The molecule has 1 aromatic rings. The van der Waals surface area contributed by atoms with Crippen molar-refractivity contribution in [1.82, 2.24) is 5.48 Å². The van der Waals surface area contributed by atoms with Crippen molar-refractivity contribution in [2.24, 2.45) is 0 Å². The lowest BCUT2D eigenvalue weighted by atomic mass is 10.1. The summed E-state index contributed by atoms with van der Waals surface area (Å²) >= 11 is 5.65. The third-order valence-electron chi connectivity index (χ3n) is 1.62. The smallest absolute Gasteiger partial charge is 0.130 e. The lowest BCUT2D eigenvalue weighted by Gasteiger charge is -2.11. The van der Waals surface area contributed by atoms with Crippen LogP contribution in [0.15, 0.2) is 18.2 Å². The zero-order chi connectivity index (χ0) is 9.84. The van der Waals surface area contributed by atoms with E-state index in [9.17, 15) is 9.50 Å². The van der Waals surface area contributed by atoms with Crippen LogP contribution in [0.25, 0.3) is 0 Å². The van der Waals surface area contributed by atoms with Gasteiger partial charge in [-0.1, -0.05) is 17.7 Å². The number of benzene rings is 1. The molecule has 0 aliphatic rings. The molecule has 0 fully saturated rings. The summed E-state index contributed by atoms with van der Waals surface area (Å²) in [5.41, 5.74) is 1.74. The molecular weight excluding hydrogens is 197 g/mol. The summed E-state index contributed by atoms with van der Waals surface area (Å²) in [6.07, 6.45) is -1.15. The Morgan fingerprint density at radius 1 is 1.54 bits per heavy atom. The van der Waals surface area contributed by atoms with Crippen molar-refractivity contribution >= 4 is 11.6 Å². The highest BCUT2D eigenvalue weighted by Gasteiger charge is 2.15. The van der Waals surface area contributed by atoms with Gasteiger partial charge in [0, 0.05) is 10.6 Å². The molecule has 0 amide bonds. The minimum atomic E-state index is -1.15. The van der Waals surface area contributed by atoms with Gasteiger partial charge in [0.05, 0.1) is 12.6 Å². The lowest BCUT2D eigenvalue weighted by Crippen LogP contribution is -2.18. The molecule has 72 valence electrons. The minimum Gasteiger partial charge on any atom is -0.387 e. The Hall–Kier alpha value is -0.680. The van der Waals surface area contributed by atoms with Gasteiger partial charge >= 0.3 is 0 Å². The van der Waals surface area contributed by atoms with Gasteiger partial charge in [0.15, 0.2) is 0 Å². The Morgan fingerprint density at radius 2 is 2.23 bits per heavy atom. The number of aliphatic hydroxyl groups excluding tert-OH is 1. The Labute approximate surface area is 79.7 Å². The average molecular weight is 206 g/mol. The average Bonchev–Trinajstić information content (AvgIpc) is 2.04. The molecule has 0 radical (unpaired) electrons. The molecule has 1 unspecified atom stereocenters. The maximum atomic E-state index is 13.1. The zero-order valence-electron chi connectivity index (χ0n) is 6.67. The lowest BCUT2D eigenvalue weighted by molar-refractivity contribution is 0.0902. The fourth-order valence-corrected chi connectivity index (χ4v) is 1.31. The molecule has 13 heavy (non-hydrogen) atoms. The van der Waals surface area contributed by atoms with Crippen molar-refractivity contribution in [3.05, 3.63) is 34.6 Å². The molecule has 0 saturated heterocycles. The van der Waals surface area contributed by atoms with E-state index in [4.69, 9.17) is 16.8 Å². The molecule has 0 bridgehead atoms. The van der Waals surface area contributed by atoms with Gasteiger partial charge in [-0.05, 0) is 12.1 Å². The molecule has 3 nitrogen and oxygen atoms in total. The molecule has 1 aromatic carbocycles. The van der Waals surface area contributed by atoms with Crippen LogP contribution in [0.3, 0.4) is 0 Å². The Morgan fingerprint density at radius 3 is 2.77 bits per heavy atom. The summed E-state index contributed by atoms with van der Waals surface area (Å²) in [6.45, 7) is -0.166. The first kappa shape index (κ1) is 10.4. The second-order valence-corrected chi connectivity index (χ2v) is 2.92. The largest absolute Gasteiger partial charge is 0.387 e. The summed E-state index contributed by atoms with van der Waals surface area (Å²) in [6, 6.07) is 4.11. The van der Waals surface area contributed by atoms with Gasteiger partial charge in [0.25, 0.3) is 0 Å². The van der Waals surface area contributed by atoms with Crippen LogP contribution < -0.4 is 5.48 Å². The highest BCUT2D eigenvalue weighted by atomic mass is 35.5. The van der Waals surface area contributed by atoms with Crippen LogP contribution in [-0.4, -0.2) is 16.9 Å². The zero-order valence-corrected chi connectivity index (χ0v) is 7.42. The third-order valence-corrected chi connectivity index (χ3v) is 1.95. The van der Waals surface area contributed by atoms with Crippen LogP contribution >= 0.6 is 11.6 Å². The second-order valence-electron chi connectivity index (χ2n) is 2.51. The summed E-state index contributed by atoms with van der Waals surface area (Å²) < 4.78 is 13.1. The molecule has 1 rings (SSSR count). The third kappa shape index (κ3) is 2.38. The molecule has 5 heteroatoms. The van der Waals surface area contributed by atoms with E-state index in [1.807, 2.05) is 0 Å². The quantitative estimate of drug-likeness (QED) is 0.656. The highest BCUT2D eigenvalue weighted by Crippen LogP contribution is 2.25. The van der Waals surface area contributed by atoms with E-state index in [-0.39, 0.29) is 17.1 Å². The number of hydrogen-bond donors (Lipinski definition) is 3. The number of hydroxylamine groups is 1. The summed E-state index contributed by atoms with van der Waals surface area (Å²) in [5, 5.41) is 17.8. The molecule has 0 aliphatic carbocycles. The number of halogens is 2. The van der Waals surface area contributed by atoms with Gasteiger partial charge in [-0.2, -0.15) is 0 Å². The van der Waals surface area contributed by atoms with Crippen molar-refractivity contribution in [3.8, 4) is 0 Å². The fraction of sp³-hybridized carbons (Fsp3) is 0.250. The first-order chi connectivity index (χ1) is 6.16. The second kappa shape index (κ2) is 4.53. The number of hydrogen-bond acceptors (Lipinski definition) is 3. The van der Waals surface area contributed by atoms with E-state index < -0.39 is 11.9 Å². The number of aliphatic hydroxyl groups is 1. The van der Waals surface area contributed by atoms with Crippen molar-refractivity contribution in [2.45, 2.75) is 6.10 Å². The minimum absolute atomic E-state index is 0.00860. The summed E-state index contributed by atoms with van der Waals surface area (Å²) in [5.74, 6) is -0.588. The SMILES string of the molecule is ONCC(O)c1c(F)cccc1Cl. The Balaban J connectivity index is 2.98. The normalized spacial score (nSPS) is 12.9. The van der Waals surface area contributed by atoms with Crippen LogP contribution in [0.4, 0.5) is 4.39 Å². The molecule has 0 heterocycles. The predicted molar refractivity (Wildman–Crippen MR) is 46.2 cm³/mol. The van der Waals surface area contributed by atoms with Crippen LogP contribution in [-0.2, 0) is 0 Å². The van der Waals surface area contributed by atoms with Crippen molar-refractivity contribution in [1.29, 1.82) is 0 Å². The first-order valence-corrected chi connectivity index (χ1v) is 4.03. The molecule has 0 aromatic heterocycles. The Bertz CT molecular complexity index is 275. The molecule has 1 atom stereocenters. The fourth-order valence-electron chi connectivity index (χ4n) is 1.02. The summed E-state index contributed by atoms with van der Waals surface area (Å²) in [7, 11) is 0. The van der Waals surface area contributed by atoms with Gasteiger partial charge in [0.1, 0.15) is 5.82 Å². The summed E-state index contributed by atoms with van der Waals surface area (Å²) in [4.78, 5) is 0. The molecule has 0 saturated carbocycles. The maximum Gasteiger partial charge on any atom is 0.130 e. The number of rotatable bonds is 3. The Kier molecular flexibility index (Phi) is 3.62. The highest BCUT2D eigenvalue weighted by molar-refractivity contribution is 6.31.